The lowest BCUT2D eigenvalue weighted by molar-refractivity contribution is 0.0867. The number of hydrogen-bond acceptors (Lipinski definition) is 4. The third-order valence-corrected chi connectivity index (χ3v) is 2.85. The first kappa shape index (κ1) is 16.9. The molecule has 0 fully saturated rings. The fraction of sp³-hybridized carbons (Fsp3) is 0.571. The highest BCUT2D eigenvalue weighted by Gasteiger charge is 2.10. The average molecular weight is 301 g/mol. The molecular formula is C14H21ClN2O3. The third-order valence-electron chi connectivity index (χ3n) is 2.65. The van der Waals surface area contributed by atoms with Gasteiger partial charge in [-0.2, -0.15) is 0 Å². The Balaban J connectivity index is 2.47. The number of nitrogens with zero attached hydrogens (tertiary/aromatic N) is 1. The van der Waals surface area contributed by atoms with E-state index in [1.807, 2.05) is 13.8 Å². The lowest BCUT2D eigenvalue weighted by Crippen LogP contribution is -2.25. The number of amides is 1. The summed E-state index contributed by atoms with van der Waals surface area (Å²) in [6, 6.07) is 3.32. The van der Waals surface area contributed by atoms with E-state index >= 15 is 0 Å². The summed E-state index contributed by atoms with van der Waals surface area (Å²) in [6.07, 6.45) is 0.696. The number of nitrogens with one attached hydrogen (secondary N) is 1. The van der Waals surface area contributed by atoms with E-state index in [1.165, 1.54) is 0 Å². The Labute approximate surface area is 124 Å². The van der Waals surface area contributed by atoms with Crippen LogP contribution >= 0.6 is 11.6 Å². The molecule has 0 radical (unpaired) electrons. The van der Waals surface area contributed by atoms with E-state index in [0.717, 1.165) is 5.69 Å². The van der Waals surface area contributed by atoms with E-state index in [2.05, 4.69) is 10.3 Å². The maximum absolute atomic E-state index is 12.0. The van der Waals surface area contributed by atoms with Gasteiger partial charge in [0.2, 0.25) is 0 Å². The molecular weight excluding hydrogens is 280 g/mol. The zero-order valence-corrected chi connectivity index (χ0v) is 12.6. The Kier molecular flexibility index (Phi) is 7.51. The van der Waals surface area contributed by atoms with Gasteiger partial charge in [0, 0.05) is 24.4 Å². The van der Waals surface area contributed by atoms with E-state index in [0.29, 0.717) is 36.9 Å². The second-order valence-corrected chi connectivity index (χ2v) is 5.09. The fourth-order valence-corrected chi connectivity index (χ4v) is 1.80. The highest BCUT2D eigenvalue weighted by atomic mass is 35.5. The van der Waals surface area contributed by atoms with Crippen LogP contribution in [0.5, 0.6) is 0 Å². The number of carbonyl (C=O) groups excluding carboxylic acids is 1. The van der Waals surface area contributed by atoms with Gasteiger partial charge in [0.05, 0.1) is 13.2 Å². The number of ether oxygens (including phenoxy) is 1. The Hall–Kier alpha value is -1.17. The molecule has 1 heterocycles. The molecule has 0 saturated carbocycles. The normalized spacial score (nSPS) is 10.8. The second-order valence-electron chi connectivity index (χ2n) is 4.70. The monoisotopic (exact) mass is 300 g/mol. The van der Waals surface area contributed by atoms with Crippen molar-refractivity contribution in [3.63, 3.8) is 0 Å². The largest absolute Gasteiger partial charge is 0.394 e. The van der Waals surface area contributed by atoms with Crippen molar-refractivity contribution >= 4 is 17.5 Å². The van der Waals surface area contributed by atoms with Crippen LogP contribution in [0.3, 0.4) is 0 Å². The van der Waals surface area contributed by atoms with Gasteiger partial charge in [-0.05, 0) is 24.5 Å². The summed E-state index contributed by atoms with van der Waals surface area (Å²) in [5.74, 6) is 0.0467. The van der Waals surface area contributed by atoms with Crippen LogP contribution in [0, 0.1) is 0 Å². The minimum atomic E-state index is -0.168. The Bertz CT molecular complexity index is 438. The molecule has 112 valence electrons. The van der Waals surface area contributed by atoms with Crippen LogP contribution < -0.4 is 5.32 Å². The van der Waals surface area contributed by atoms with Gasteiger partial charge in [-0.3, -0.25) is 4.79 Å². The van der Waals surface area contributed by atoms with Crippen LogP contribution in [0.2, 0.25) is 5.15 Å². The molecule has 1 rings (SSSR count). The van der Waals surface area contributed by atoms with Gasteiger partial charge >= 0.3 is 0 Å². The van der Waals surface area contributed by atoms with E-state index in [9.17, 15) is 4.79 Å². The topological polar surface area (TPSA) is 71.5 Å². The molecule has 0 unspecified atom stereocenters. The molecule has 0 aliphatic heterocycles. The van der Waals surface area contributed by atoms with Crippen molar-refractivity contribution in [3.05, 3.63) is 28.5 Å². The molecule has 2 N–H and O–H groups in total. The predicted octanol–water partition coefficient (Wildman–Crippen LogP) is 1.99. The quantitative estimate of drug-likeness (QED) is 0.569. The van der Waals surface area contributed by atoms with Crippen molar-refractivity contribution in [2.75, 3.05) is 26.4 Å². The molecule has 0 aromatic carbocycles. The zero-order chi connectivity index (χ0) is 15.0. The van der Waals surface area contributed by atoms with E-state index in [-0.39, 0.29) is 18.4 Å². The van der Waals surface area contributed by atoms with E-state index in [4.69, 9.17) is 21.4 Å². The maximum atomic E-state index is 12.0. The first-order chi connectivity index (χ1) is 9.54. The van der Waals surface area contributed by atoms with Gasteiger partial charge in [-0.15, -0.1) is 0 Å². The maximum Gasteiger partial charge on any atom is 0.251 e. The smallest absolute Gasteiger partial charge is 0.251 e. The second kappa shape index (κ2) is 8.89. The molecule has 0 aliphatic rings. The first-order valence-electron chi connectivity index (χ1n) is 6.69. The fourth-order valence-electron chi connectivity index (χ4n) is 1.59. The summed E-state index contributed by atoms with van der Waals surface area (Å²) in [5.41, 5.74) is 1.32. The molecule has 0 atom stereocenters. The summed E-state index contributed by atoms with van der Waals surface area (Å²) in [4.78, 5) is 16.2. The van der Waals surface area contributed by atoms with Crippen molar-refractivity contribution < 1.29 is 14.6 Å². The average Bonchev–Trinajstić information content (AvgIpc) is 2.41. The summed E-state index contributed by atoms with van der Waals surface area (Å²) in [6.45, 7) is 5.36. The highest BCUT2D eigenvalue weighted by molar-refractivity contribution is 6.29. The molecule has 1 aromatic heterocycles. The number of halogens is 1. The van der Waals surface area contributed by atoms with Crippen LogP contribution in [-0.2, 0) is 4.74 Å². The van der Waals surface area contributed by atoms with Gasteiger partial charge < -0.3 is 15.2 Å². The van der Waals surface area contributed by atoms with Gasteiger partial charge in [0.25, 0.3) is 5.91 Å². The van der Waals surface area contributed by atoms with Crippen molar-refractivity contribution in [3.8, 4) is 0 Å². The molecule has 0 aliphatic carbocycles. The number of hydrogen-bond donors (Lipinski definition) is 2. The molecule has 20 heavy (non-hydrogen) atoms. The number of aliphatic hydroxyl groups excluding tert-OH is 1. The molecule has 1 amide bonds. The van der Waals surface area contributed by atoms with Gasteiger partial charge in [0.1, 0.15) is 5.15 Å². The molecule has 5 nitrogen and oxygen atoms in total. The van der Waals surface area contributed by atoms with Crippen molar-refractivity contribution in [1.82, 2.24) is 10.3 Å². The number of pyridine rings is 1. The van der Waals surface area contributed by atoms with Gasteiger partial charge in [-0.1, -0.05) is 25.4 Å². The first-order valence-corrected chi connectivity index (χ1v) is 7.06. The van der Waals surface area contributed by atoms with Crippen LogP contribution in [-0.4, -0.2) is 42.4 Å². The van der Waals surface area contributed by atoms with Crippen molar-refractivity contribution in [2.45, 2.75) is 26.2 Å². The number of rotatable bonds is 8. The van der Waals surface area contributed by atoms with Crippen LogP contribution in [0.1, 0.15) is 42.2 Å². The van der Waals surface area contributed by atoms with Crippen molar-refractivity contribution in [2.24, 2.45) is 0 Å². The van der Waals surface area contributed by atoms with Crippen LogP contribution in [0.15, 0.2) is 12.1 Å². The van der Waals surface area contributed by atoms with Gasteiger partial charge in [-0.25, -0.2) is 4.98 Å². The van der Waals surface area contributed by atoms with E-state index in [1.54, 1.807) is 12.1 Å². The van der Waals surface area contributed by atoms with Crippen molar-refractivity contribution in [1.29, 1.82) is 0 Å². The zero-order valence-electron chi connectivity index (χ0n) is 11.9. The van der Waals surface area contributed by atoms with E-state index < -0.39 is 0 Å². The number of aromatic nitrogens is 1. The van der Waals surface area contributed by atoms with Crippen LogP contribution in [0.4, 0.5) is 0 Å². The summed E-state index contributed by atoms with van der Waals surface area (Å²) in [7, 11) is 0. The highest BCUT2D eigenvalue weighted by Crippen LogP contribution is 2.17. The summed E-state index contributed by atoms with van der Waals surface area (Å²) in [5, 5.41) is 11.7. The van der Waals surface area contributed by atoms with Crippen LogP contribution in [0.25, 0.3) is 0 Å². The lowest BCUT2D eigenvalue weighted by atomic mass is 10.1. The summed E-state index contributed by atoms with van der Waals surface area (Å²) >= 11 is 5.92. The molecule has 0 bridgehead atoms. The Morgan fingerprint density at radius 3 is 2.85 bits per heavy atom. The minimum absolute atomic E-state index is 0.0137. The lowest BCUT2D eigenvalue weighted by Gasteiger charge is -2.09. The SMILES string of the molecule is CC(C)c1cc(C(=O)NCCCOCCO)cc(Cl)n1. The molecule has 0 saturated heterocycles. The number of carbonyl (C=O) groups is 1. The summed E-state index contributed by atoms with van der Waals surface area (Å²) < 4.78 is 5.11. The molecule has 0 spiro atoms. The van der Waals surface area contributed by atoms with Gasteiger partial charge in [0.15, 0.2) is 0 Å². The predicted molar refractivity (Wildman–Crippen MR) is 78.2 cm³/mol. The Morgan fingerprint density at radius 1 is 1.45 bits per heavy atom. The minimum Gasteiger partial charge on any atom is -0.394 e. The molecule has 6 heteroatoms. The third kappa shape index (κ3) is 5.86. The Morgan fingerprint density at radius 2 is 2.20 bits per heavy atom. The number of aliphatic hydroxyl groups is 1. The molecule has 1 aromatic rings. The standard InChI is InChI=1S/C14H21ClN2O3/c1-10(2)12-8-11(9-13(15)17-12)14(19)16-4-3-6-20-7-5-18/h8-10,18H,3-7H2,1-2H3,(H,16,19).